The maximum atomic E-state index is 12.4. The number of carbonyl (C=O) groups excluding carboxylic acids is 1. The first kappa shape index (κ1) is 15.0. The van der Waals surface area contributed by atoms with Gasteiger partial charge in [0.25, 0.3) is 5.91 Å². The number of aromatic nitrogens is 3. The van der Waals surface area contributed by atoms with E-state index in [0.717, 1.165) is 16.7 Å². The zero-order valence-electron chi connectivity index (χ0n) is 12.5. The predicted molar refractivity (Wildman–Crippen MR) is 87.4 cm³/mol. The summed E-state index contributed by atoms with van der Waals surface area (Å²) in [5, 5.41) is 17.2. The molecule has 0 aliphatic rings. The van der Waals surface area contributed by atoms with Gasteiger partial charge >= 0.3 is 0 Å². The van der Waals surface area contributed by atoms with Crippen LogP contribution in [-0.2, 0) is 7.05 Å². The topological polar surface area (TPSA) is 83.6 Å². The van der Waals surface area contributed by atoms with Crippen molar-refractivity contribution in [3.05, 3.63) is 52.3 Å². The van der Waals surface area contributed by atoms with Crippen LogP contribution in [0, 0.1) is 18.3 Å². The zero-order valence-corrected chi connectivity index (χ0v) is 13.2. The molecule has 0 aliphatic carbocycles. The second-order valence-electron chi connectivity index (χ2n) is 5.06. The highest BCUT2D eigenvalue weighted by atomic mass is 35.5. The molecule has 3 rings (SSSR count). The number of pyridine rings is 1. The molecule has 1 aromatic carbocycles. The van der Waals surface area contributed by atoms with Crippen LogP contribution in [0.25, 0.3) is 11.0 Å². The second-order valence-corrected chi connectivity index (χ2v) is 5.47. The molecule has 2 heterocycles. The Morgan fingerprint density at radius 2 is 2.17 bits per heavy atom. The molecule has 6 nitrogen and oxygen atoms in total. The fourth-order valence-corrected chi connectivity index (χ4v) is 2.48. The number of hydrogen-bond donors (Lipinski definition) is 1. The quantitative estimate of drug-likeness (QED) is 0.784. The molecule has 2 aromatic heterocycles. The van der Waals surface area contributed by atoms with Crippen LogP contribution in [0.15, 0.2) is 30.5 Å². The molecule has 0 saturated carbocycles. The van der Waals surface area contributed by atoms with Gasteiger partial charge in [-0.3, -0.25) is 9.48 Å². The zero-order chi connectivity index (χ0) is 16.6. The van der Waals surface area contributed by atoms with E-state index in [-0.39, 0.29) is 5.91 Å². The van der Waals surface area contributed by atoms with Crippen LogP contribution in [-0.4, -0.2) is 20.7 Å². The van der Waals surface area contributed by atoms with E-state index in [0.29, 0.717) is 21.8 Å². The van der Waals surface area contributed by atoms with Crippen molar-refractivity contribution in [1.82, 2.24) is 14.8 Å². The number of benzene rings is 1. The maximum Gasteiger partial charge on any atom is 0.257 e. The molecular formula is C16H12ClN5O. The first-order chi connectivity index (χ1) is 11.0. The Labute approximate surface area is 137 Å². The van der Waals surface area contributed by atoms with E-state index < -0.39 is 0 Å². The molecule has 23 heavy (non-hydrogen) atoms. The van der Waals surface area contributed by atoms with E-state index in [1.807, 2.05) is 13.0 Å². The predicted octanol–water partition coefficient (Wildman–Crippen LogP) is 3.05. The monoisotopic (exact) mass is 325 g/mol. The number of fused-ring (bicyclic) bond motifs is 1. The first-order valence-corrected chi connectivity index (χ1v) is 7.17. The molecule has 1 amide bonds. The third kappa shape index (κ3) is 2.74. The molecule has 3 aromatic rings. The Bertz CT molecular complexity index is 970. The highest BCUT2D eigenvalue weighted by Crippen LogP contribution is 2.21. The van der Waals surface area contributed by atoms with Gasteiger partial charge in [0.1, 0.15) is 6.07 Å². The van der Waals surface area contributed by atoms with Crippen LogP contribution < -0.4 is 5.32 Å². The van der Waals surface area contributed by atoms with Crippen molar-refractivity contribution in [2.24, 2.45) is 7.05 Å². The molecule has 114 valence electrons. The summed E-state index contributed by atoms with van der Waals surface area (Å²) in [7, 11) is 1.80. The van der Waals surface area contributed by atoms with E-state index in [4.69, 9.17) is 16.9 Å². The molecular weight excluding hydrogens is 314 g/mol. The molecule has 0 unspecified atom stereocenters. The number of anilines is 1. The van der Waals surface area contributed by atoms with Gasteiger partial charge in [-0.15, -0.1) is 0 Å². The van der Waals surface area contributed by atoms with Crippen LogP contribution in [0.2, 0.25) is 5.02 Å². The van der Waals surface area contributed by atoms with E-state index in [9.17, 15) is 4.79 Å². The summed E-state index contributed by atoms with van der Waals surface area (Å²) in [6.45, 7) is 1.87. The van der Waals surface area contributed by atoms with E-state index in [2.05, 4.69) is 15.4 Å². The minimum absolute atomic E-state index is 0.307. The molecule has 0 spiro atoms. The molecule has 0 saturated heterocycles. The number of halogens is 1. The Balaban J connectivity index is 1.92. The summed E-state index contributed by atoms with van der Waals surface area (Å²) in [6, 6.07) is 8.47. The average Bonchev–Trinajstić information content (AvgIpc) is 2.83. The molecule has 0 bridgehead atoms. The van der Waals surface area contributed by atoms with Gasteiger partial charge < -0.3 is 5.32 Å². The lowest BCUT2D eigenvalue weighted by molar-refractivity contribution is 0.102. The number of aryl methyl sites for hydroxylation is 2. The van der Waals surface area contributed by atoms with Gasteiger partial charge in [0.2, 0.25) is 0 Å². The van der Waals surface area contributed by atoms with Crippen molar-refractivity contribution in [1.29, 1.82) is 5.26 Å². The molecule has 0 fully saturated rings. The van der Waals surface area contributed by atoms with Gasteiger partial charge in [-0.1, -0.05) is 11.6 Å². The fourth-order valence-electron chi connectivity index (χ4n) is 2.32. The normalized spacial score (nSPS) is 10.5. The third-order valence-electron chi connectivity index (χ3n) is 3.47. The summed E-state index contributed by atoms with van der Waals surface area (Å²) < 4.78 is 1.67. The first-order valence-electron chi connectivity index (χ1n) is 6.80. The maximum absolute atomic E-state index is 12.4. The van der Waals surface area contributed by atoms with Gasteiger partial charge in [0.15, 0.2) is 5.65 Å². The number of carbonyl (C=O) groups is 1. The van der Waals surface area contributed by atoms with Crippen LogP contribution in [0.4, 0.5) is 5.69 Å². The van der Waals surface area contributed by atoms with Crippen molar-refractivity contribution in [2.45, 2.75) is 6.92 Å². The van der Waals surface area contributed by atoms with Gasteiger partial charge in [0.05, 0.1) is 21.8 Å². The van der Waals surface area contributed by atoms with Crippen molar-refractivity contribution in [3.8, 4) is 6.07 Å². The summed E-state index contributed by atoms with van der Waals surface area (Å²) in [5.74, 6) is -0.311. The highest BCUT2D eigenvalue weighted by molar-refractivity contribution is 6.31. The smallest absolute Gasteiger partial charge is 0.257 e. The summed E-state index contributed by atoms with van der Waals surface area (Å²) in [4.78, 5) is 16.6. The number of amides is 1. The lowest BCUT2D eigenvalue weighted by Gasteiger charge is -2.06. The Morgan fingerprint density at radius 1 is 1.39 bits per heavy atom. The largest absolute Gasteiger partial charge is 0.322 e. The number of nitrogens with one attached hydrogen (secondary N) is 1. The Kier molecular flexibility index (Phi) is 3.72. The lowest BCUT2D eigenvalue weighted by Crippen LogP contribution is -2.12. The van der Waals surface area contributed by atoms with Crippen molar-refractivity contribution in [2.75, 3.05) is 5.32 Å². The number of nitrogens with zero attached hydrogens (tertiary/aromatic N) is 4. The van der Waals surface area contributed by atoms with Crippen LogP contribution >= 0.6 is 11.6 Å². The van der Waals surface area contributed by atoms with Crippen molar-refractivity contribution in [3.63, 3.8) is 0 Å². The fraction of sp³-hybridized carbons (Fsp3) is 0.125. The minimum atomic E-state index is -0.311. The molecule has 0 atom stereocenters. The minimum Gasteiger partial charge on any atom is -0.322 e. The van der Waals surface area contributed by atoms with Gasteiger partial charge in [-0.25, -0.2) is 4.98 Å². The van der Waals surface area contributed by atoms with E-state index in [1.54, 1.807) is 29.9 Å². The van der Waals surface area contributed by atoms with E-state index >= 15 is 0 Å². The molecule has 0 radical (unpaired) electrons. The standard InChI is InChI=1S/C16H12ClN5O/c1-9-13-6-11(8-19-15(13)22(2)21-9)16(23)20-12-3-4-14(17)10(5-12)7-18/h3-6,8H,1-2H3,(H,20,23). The van der Waals surface area contributed by atoms with Crippen LogP contribution in [0.1, 0.15) is 21.6 Å². The molecule has 7 heteroatoms. The van der Waals surface area contributed by atoms with Crippen molar-refractivity contribution < 1.29 is 4.79 Å². The SMILES string of the molecule is Cc1nn(C)c2ncc(C(=O)Nc3ccc(Cl)c(C#N)c3)cc12. The average molecular weight is 326 g/mol. The summed E-state index contributed by atoms with van der Waals surface area (Å²) in [6.07, 6.45) is 1.50. The van der Waals surface area contributed by atoms with Gasteiger partial charge in [-0.05, 0) is 31.2 Å². The van der Waals surface area contributed by atoms with E-state index in [1.165, 1.54) is 12.3 Å². The Hall–Kier alpha value is -2.91. The van der Waals surface area contributed by atoms with Crippen LogP contribution in [0.5, 0.6) is 0 Å². The molecule has 1 N–H and O–H groups in total. The Morgan fingerprint density at radius 3 is 2.91 bits per heavy atom. The number of nitriles is 1. The summed E-state index contributed by atoms with van der Waals surface area (Å²) >= 11 is 5.88. The van der Waals surface area contributed by atoms with Gasteiger partial charge in [0, 0.05) is 24.3 Å². The highest BCUT2D eigenvalue weighted by Gasteiger charge is 2.12. The summed E-state index contributed by atoms with van der Waals surface area (Å²) in [5.41, 5.74) is 2.75. The third-order valence-corrected chi connectivity index (χ3v) is 3.80. The van der Waals surface area contributed by atoms with Crippen LogP contribution in [0.3, 0.4) is 0 Å². The van der Waals surface area contributed by atoms with Gasteiger partial charge in [-0.2, -0.15) is 10.4 Å². The number of rotatable bonds is 2. The molecule has 0 aliphatic heterocycles. The second kappa shape index (κ2) is 5.71. The van der Waals surface area contributed by atoms with Crippen molar-refractivity contribution >= 4 is 34.2 Å². The lowest BCUT2D eigenvalue weighted by atomic mass is 10.1. The number of hydrogen-bond acceptors (Lipinski definition) is 4.